The van der Waals surface area contributed by atoms with Gasteiger partial charge in [-0.1, -0.05) is 61.5 Å². The Balaban J connectivity index is 1.79. The number of halogens is 1. The Labute approximate surface area is 168 Å². The van der Waals surface area contributed by atoms with E-state index in [-0.39, 0.29) is 24.1 Å². The van der Waals surface area contributed by atoms with Crippen molar-refractivity contribution in [1.29, 1.82) is 0 Å². The number of nitrogens with one attached hydrogen (secondary N) is 1. The van der Waals surface area contributed by atoms with E-state index in [9.17, 15) is 9.18 Å². The van der Waals surface area contributed by atoms with Gasteiger partial charge in [-0.2, -0.15) is 0 Å². The molecular formula is C22H23FN4O2. The highest BCUT2D eigenvalue weighted by atomic mass is 19.1. The molecule has 6 nitrogen and oxygen atoms in total. The molecular weight excluding hydrogens is 371 g/mol. The van der Waals surface area contributed by atoms with Crippen molar-refractivity contribution in [3.63, 3.8) is 0 Å². The largest absolute Gasteiger partial charge is 0.370 e. The number of guanidine groups is 1. The molecule has 0 amide bonds. The lowest BCUT2D eigenvalue weighted by atomic mass is 9.81. The highest BCUT2D eigenvalue weighted by molar-refractivity contribution is 5.92. The number of nitrogens with two attached hydrogens (primary N) is 1. The minimum atomic E-state index is -0.456. The molecule has 0 aliphatic heterocycles. The summed E-state index contributed by atoms with van der Waals surface area (Å²) in [7, 11) is 0. The standard InChI is InChI=1S/C22H23FN4O2/c1-14(28)13-25-21(24)26-20-12-19(27-29-20)22(2,3)16-10-8-15(9-11-16)17-6-4-5-7-18(17)23/h4-12H,13H2,1-3H3,(H3,24,25,26). The van der Waals surface area contributed by atoms with Crippen molar-refractivity contribution in [1.82, 2.24) is 5.16 Å². The van der Waals surface area contributed by atoms with Crippen LogP contribution in [0.25, 0.3) is 11.1 Å². The zero-order valence-electron chi connectivity index (χ0n) is 16.6. The van der Waals surface area contributed by atoms with Gasteiger partial charge in [-0.05, 0) is 24.1 Å². The molecule has 3 rings (SSSR count). The minimum Gasteiger partial charge on any atom is -0.370 e. The number of hydrogen-bond acceptors (Lipinski definition) is 4. The molecule has 1 heterocycles. The third kappa shape index (κ3) is 4.68. The fourth-order valence-electron chi connectivity index (χ4n) is 2.90. The predicted molar refractivity (Wildman–Crippen MR) is 111 cm³/mol. The van der Waals surface area contributed by atoms with Gasteiger partial charge in [0.1, 0.15) is 12.4 Å². The van der Waals surface area contributed by atoms with Crippen molar-refractivity contribution >= 4 is 17.6 Å². The molecule has 3 aromatic rings. The molecule has 3 N–H and O–H groups in total. The number of aliphatic imine (C=N–C) groups is 1. The first-order chi connectivity index (χ1) is 13.8. The van der Waals surface area contributed by atoms with Crippen LogP contribution in [0.2, 0.25) is 0 Å². The Hall–Kier alpha value is -3.48. The van der Waals surface area contributed by atoms with E-state index in [4.69, 9.17) is 10.3 Å². The molecule has 0 aliphatic carbocycles. The summed E-state index contributed by atoms with van der Waals surface area (Å²) in [5.41, 5.74) is 8.33. The summed E-state index contributed by atoms with van der Waals surface area (Å²) in [5.74, 6) is 0.0690. The van der Waals surface area contributed by atoms with Crippen molar-refractivity contribution < 1.29 is 13.7 Å². The molecule has 150 valence electrons. The van der Waals surface area contributed by atoms with Gasteiger partial charge in [-0.3, -0.25) is 10.1 Å². The summed E-state index contributed by atoms with van der Waals surface area (Å²) in [5, 5.41) is 6.92. The molecule has 0 saturated carbocycles. The normalized spacial score (nSPS) is 12.1. The summed E-state index contributed by atoms with van der Waals surface area (Å²) in [6, 6.07) is 16.1. The highest BCUT2D eigenvalue weighted by Crippen LogP contribution is 2.33. The Kier molecular flexibility index (Phi) is 5.77. The van der Waals surface area contributed by atoms with E-state index >= 15 is 0 Å². The zero-order valence-corrected chi connectivity index (χ0v) is 16.6. The van der Waals surface area contributed by atoms with Crippen LogP contribution < -0.4 is 11.1 Å². The molecule has 29 heavy (non-hydrogen) atoms. The first kappa shape index (κ1) is 20.3. The van der Waals surface area contributed by atoms with Gasteiger partial charge in [0.05, 0.1) is 5.69 Å². The van der Waals surface area contributed by atoms with Crippen LogP contribution in [0.4, 0.5) is 10.3 Å². The zero-order chi connectivity index (χ0) is 21.0. The highest BCUT2D eigenvalue weighted by Gasteiger charge is 2.27. The van der Waals surface area contributed by atoms with Crippen LogP contribution in [-0.2, 0) is 10.2 Å². The molecule has 0 unspecified atom stereocenters. The summed E-state index contributed by atoms with van der Waals surface area (Å²) in [6.45, 7) is 5.46. The van der Waals surface area contributed by atoms with Gasteiger partial charge in [0, 0.05) is 17.0 Å². The van der Waals surface area contributed by atoms with Crippen LogP contribution in [0.15, 0.2) is 64.1 Å². The predicted octanol–water partition coefficient (Wildman–Crippen LogP) is 4.12. The monoisotopic (exact) mass is 394 g/mol. The van der Waals surface area contributed by atoms with E-state index in [0.29, 0.717) is 17.1 Å². The Morgan fingerprint density at radius 2 is 1.90 bits per heavy atom. The van der Waals surface area contributed by atoms with Crippen LogP contribution in [0, 0.1) is 5.82 Å². The molecule has 0 radical (unpaired) electrons. The van der Waals surface area contributed by atoms with Crippen molar-refractivity contribution in [2.45, 2.75) is 26.2 Å². The fraction of sp³-hybridized carbons (Fsp3) is 0.227. The fourth-order valence-corrected chi connectivity index (χ4v) is 2.90. The van der Waals surface area contributed by atoms with Crippen molar-refractivity contribution in [3.8, 4) is 11.1 Å². The van der Waals surface area contributed by atoms with Gasteiger partial charge in [0.25, 0.3) is 0 Å². The number of benzene rings is 2. The van der Waals surface area contributed by atoms with Crippen LogP contribution in [0.1, 0.15) is 32.0 Å². The quantitative estimate of drug-likeness (QED) is 0.484. The molecule has 2 aromatic carbocycles. The maximum Gasteiger partial charge on any atom is 0.231 e. The van der Waals surface area contributed by atoms with Gasteiger partial charge in [-0.25, -0.2) is 9.38 Å². The van der Waals surface area contributed by atoms with Gasteiger partial charge in [0.15, 0.2) is 11.7 Å². The lowest BCUT2D eigenvalue weighted by Gasteiger charge is -2.22. The third-order valence-electron chi connectivity index (χ3n) is 4.67. The van der Waals surface area contributed by atoms with Crippen molar-refractivity contribution in [3.05, 3.63) is 71.7 Å². The van der Waals surface area contributed by atoms with Gasteiger partial charge >= 0.3 is 0 Å². The Morgan fingerprint density at radius 3 is 2.55 bits per heavy atom. The molecule has 0 saturated heterocycles. The van der Waals surface area contributed by atoms with E-state index in [0.717, 1.165) is 11.1 Å². The second-order valence-electron chi connectivity index (χ2n) is 7.29. The second-order valence-corrected chi connectivity index (χ2v) is 7.29. The number of anilines is 1. The average Bonchev–Trinajstić information content (AvgIpc) is 3.16. The van der Waals surface area contributed by atoms with E-state index in [1.807, 2.05) is 44.2 Å². The number of nitrogens with zero attached hydrogens (tertiary/aromatic N) is 2. The summed E-state index contributed by atoms with van der Waals surface area (Å²) >= 11 is 0. The van der Waals surface area contributed by atoms with E-state index in [1.54, 1.807) is 18.2 Å². The lowest BCUT2D eigenvalue weighted by Crippen LogP contribution is -2.23. The number of ketones is 1. The second kappa shape index (κ2) is 8.26. The molecule has 0 atom stereocenters. The van der Waals surface area contributed by atoms with Gasteiger partial charge in [-0.15, -0.1) is 0 Å². The smallest absolute Gasteiger partial charge is 0.231 e. The number of hydrogen-bond donors (Lipinski definition) is 2. The van der Waals surface area contributed by atoms with E-state index in [1.165, 1.54) is 13.0 Å². The van der Waals surface area contributed by atoms with Crippen molar-refractivity contribution in [2.24, 2.45) is 10.7 Å². The maximum atomic E-state index is 14.0. The Morgan fingerprint density at radius 1 is 1.21 bits per heavy atom. The number of carbonyl (C=O) groups is 1. The van der Waals surface area contributed by atoms with Crippen LogP contribution in [0.3, 0.4) is 0 Å². The number of rotatable bonds is 6. The molecule has 7 heteroatoms. The first-order valence-corrected chi connectivity index (χ1v) is 9.16. The minimum absolute atomic E-state index is 0.000319. The maximum absolute atomic E-state index is 14.0. The molecule has 0 bridgehead atoms. The number of aromatic nitrogens is 1. The Bertz CT molecular complexity index is 1040. The van der Waals surface area contributed by atoms with Crippen molar-refractivity contribution in [2.75, 3.05) is 11.9 Å². The molecule has 0 aliphatic rings. The van der Waals surface area contributed by atoms with Crippen LogP contribution in [-0.4, -0.2) is 23.4 Å². The van der Waals surface area contributed by atoms with Gasteiger partial charge < -0.3 is 10.3 Å². The van der Waals surface area contributed by atoms with Gasteiger partial charge in [0.2, 0.25) is 5.88 Å². The van der Waals surface area contributed by atoms with Crippen LogP contribution in [0.5, 0.6) is 0 Å². The first-order valence-electron chi connectivity index (χ1n) is 9.16. The summed E-state index contributed by atoms with van der Waals surface area (Å²) in [6.07, 6.45) is 0. The topological polar surface area (TPSA) is 93.5 Å². The van der Waals surface area contributed by atoms with Crippen LogP contribution >= 0.6 is 0 Å². The third-order valence-corrected chi connectivity index (χ3v) is 4.67. The number of carbonyl (C=O) groups excluding carboxylic acids is 1. The molecule has 1 aromatic heterocycles. The SMILES string of the molecule is CC(=O)CN=C(N)Nc1cc(C(C)(C)c2ccc(-c3ccccc3F)cc2)no1. The molecule has 0 spiro atoms. The summed E-state index contributed by atoms with van der Waals surface area (Å²) in [4.78, 5) is 14.9. The average molecular weight is 394 g/mol. The molecule has 0 fully saturated rings. The van der Waals surface area contributed by atoms with E-state index in [2.05, 4.69) is 15.5 Å². The lowest BCUT2D eigenvalue weighted by molar-refractivity contribution is -0.115. The number of Topliss-reactive ketones (excluding diaryl/α,β-unsaturated/α-hetero) is 1. The van der Waals surface area contributed by atoms with E-state index < -0.39 is 5.41 Å². The summed E-state index contributed by atoms with van der Waals surface area (Å²) < 4.78 is 19.3.